The quantitative estimate of drug-likeness (QED) is 0.405. The molecule has 20 heavy (non-hydrogen) atoms. The molecule has 0 amide bonds. The zero-order valence-corrected chi connectivity index (χ0v) is 13.5. The van der Waals surface area contributed by atoms with Gasteiger partial charge in [-0.15, -0.1) is 0 Å². The molecule has 0 aromatic carbocycles. The molecule has 0 radical (unpaired) electrons. The van der Waals surface area contributed by atoms with Crippen molar-refractivity contribution in [2.45, 2.75) is 46.1 Å². The molecular formula is C15H31N3O2. The van der Waals surface area contributed by atoms with Crippen LogP contribution in [0.25, 0.3) is 0 Å². The van der Waals surface area contributed by atoms with Crippen molar-refractivity contribution < 1.29 is 9.47 Å². The highest BCUT2D eigenvalue weighted by molar-refractivity contribution is 5.79. The molecule has 1 rings (SSSR count). The summed E-state index contributed by atoms with van der Waals surface area (Å²) in [6.45, 7) is 13.2. The maximum Gasteiger partial charge on any atom is 0.191 e. The van der Waals surface area contributed by atoms with Gasteiger partial charge in [-0.05, 0) is 32.6 Å². The lowest BCUT2D eigenvalue weighted by Crippen LogP contribution is -2.40. The Labute approximate surface area is 123 Å². The van der Waals surface area contributed by atoms with E-state index in [2.05, 4.69) is 43.3 Å². The first kappa shape index (κ1) is 17.2. The summed E-state index contributed by atoms with van der Waals surface area (Å²) in [4.78, 5) is 4.61. The van der Waals surface area contributed by atoms with Gasteiger partial charge in [-0.3, -0.25) is 4.99 Å². The summed E-state index contributed by atoms with van der Waals surface area (Å²) in [5, 5.41) is 6.55. The van der Waals surface area contributed by atoms with E-state index in [9.17, 15) is 0 Å². The molecule has 0 saturated carbocycles. The van der Waals surface area contributed by atoms with Crippen LogP contribution < -0.4 is 10.6 Å². The van der Waals surface area contributed by atoms with Gasteiger partial charge in [0.15, 0.2) is 5.96 Å². The summed E-state index contributed by atoms with van der Waals surface area (Å²) in [5.41, 5.74) is -0.0868. The van der Waals surface area contributed by atoms with E-state index in [1.807, 2.05) is 0 Å². The third kappa shape index (κ3) is 7.10. The van der Waals surface area contributed by atoms with E-state index in [4.69, 9.17) is 9.47 Å². The topological polar surface area (TPSA) is 54.9 Å². The lowest BCUT2D eigenvalue weighted by Gasteiger charge is -2.21. The van der Waals surface area contributed by atoms with E-state index in [-0.39, 0.29) is 5.60 Å². The average Bonchev–Trinajstić information content (AvgIpc) is 2.82. The molecule has 0 aliphatic carbocycles. The second-order valence-electron chi connectivity index (χ2n) is 5.99. The van der Waals surface area contributed by atoms with Crippen LogP contribution in [0.5, 0.6) is 0 Å². The van der Waals surface area contributed by atoms with E-state index in [1.54, 1.807) is 0 Å². The molecular weight excluding hydrogens is 254 g/mol. The maximum absolute atomic E-state index is 5.75. The second kappa shape index (κ2) is 9.19. The number of hydrogen-bond acceptors (Lipinski definition) is 3. The van der Waals surface area contributed by atoms with Crippen LogP contribution in [-0.4, -0.2) is 51.0 Å². The highest BCUT2D eigenvalue weighted by atomic mass is 16.5. The fourth-order valence-corrected chi connectivity index (χ4v) is 2.11. The monoisotopic (exact) mass is 285 g/mol. The molecule has 1 aliphatic rings. The van der Waals surface area contributed by atoms with Gasteiger partial charge < -0.3 is 20.1 Å². The van der Waals surface area contributed by atoms with Crippen molar-refractivity contribution in [2.24, 2.45) is 10.9 Å². The highest BCUT2D eigenvalue weighted by Gasteiger charge is 2.29. The number of nitrogens with one attached hydrogen (secondary N) is 2. The van der Waals surface area contributed by atoms with Crippen molar-refractivity contribution in [1.82, 2.24) is 10.6 Å². The molecule has 1 unspecified atom stereocenters. The number of hydrogen-bond donors (Lipinski definition) is 2. The molecule has 0 bridgehead atoms. The Hall–Kier alpha value is -0.810. The van der Waals surface area contributed by atoms with Crippen molar-refractivity contribution in [1.29, 1.82) is 0 Å². The van der Waals surface area contributed by atoms with E-state index in [0.29, 0.717) is 19.1 Å². The van der Waals surface area contributed by atoms with E-state index in [0.717, 1.165) is 45.1 Å². The van der Waals surface area contributed by atoms with Gasteiger partial charge in [-0.2, -0.15) is 0 Å². The zero-order valence-electron chi connectivity index (χ0n) is 13.5. The highest BCUT2D eigenvalue weighted by Crippen LogP contribution is 2.24. The number of aliphatic imine (C=N–C) groups is 1. The number of rotatable bonds is 8. The van der Waals surface area contributed by atoms with E-state index >= 15 is 0 Å². The van der Waals surface area contributed by atoms with Crippen LogP contribution in [0.15, 0.2) is 4.99 Å². The average molecular weight is 285 g/mol. The summed E-state index contributed by atoms with van der Waals surface area (Å²) in [5.74, 6) is 1.42. The number of guanidine groups is 1. The van der Waals surface area contributed by atoms with Crippen molar-refractivity contribution >= 4 is 5.96 Å². The standard InChI is InChI=1S/C15H31N3O2/c1-5-16-14(17-8-10-19-11-13(2)3)18-12-15(4)7-6-9-20-15/h13H,5-12H2,1-4H3,(H2,16,17,18). The molecule has 0 aromatic heterocycles. The van der Waals surface area contributed by atoms with Gasteiger partial charge >= 0.3 is 0 Å². The minimum absolute atomic E-state index is 0.0868. The smallest absolute Gasteiger partial charge is 0.191 e. The predicted molar refractivity (Wildman–Crippen MR) is 83.2 cm³/mol. The number of nitrogens with zero attached hydrogens (tertiary/aromatic N) is 1. The van der Waals surface area contributed by atoms with Crippen LogP contribution in [0.4, 0.5) is 0 Å². The Morgan fingerprint density at radius 2 is 2.20 bits per heavy atom. The van der Waals surface area contributed by atoms with Gasteiger partial charge in [-0.25, -0.2) is 0 Å². The molecule has 5 heteroatoms. The summed E-state index contributed by atoms with van der Waals surface area (Å²) < 4.78 is 11.3. The van der Waals surface area contributed by atoms with Crippen LogP contribution in [0.3, 0.4) is 0 Å². The maximum atomic E-state index is 5.75. The first-order valence-corrected chi connectivity index (χ1v) is 7.79. The molecule has 5 nitrogen and oxygen atoms in total. The lowest BCUT2D eigenvalue weighted by atomic mass is 10.0. The lowest BCUT2D eigenvalue weighted by molar-refractivity contribution is 0.0283. The third-order valence-corrected chi connectivity index (χ3v) is 3.21. The predicted octanol–water partition coefficient (Wildman–Crippen LogP) is 1.78. The van der Waals surface area contributed by atoms with Crippen LogP contribution in [0.2, 0.25) is 0 Å². The van der Waals surface area contributed by atoms with Crippen molar-refractivity contribution in [3.63, 3.8) is 0 Å². The van der Waals surface area contributed by atoms with Gasteiger partial charge in [0.1, 0.15) is 0 Å². The van der Waals surface area contributed by atoms with Crippen LogP contribution >= 0.6 is 0 Å². The molecule has 1 saturated heterocycles. The van der Waals surface area contributed by atoms with Gasteiger partial charge in [0.2, 0.25) is 0 Å². The van der Waals surface area contributed by atoms with Crippen molar-refractivity contribution in [3.05, 3.63) is 0 Å². The third-order valence-electron chi connectivity index (χ3n) is 3.21. The Morgan fingerprint density at radius 1 is 1.40 bits per heavy atom. The summed E-state index contributed by atoms with van der Waals surface area (Å²) in [7, 11) is 0. The van der Waals surface area contributed by atoms with Gasteiger partial charge in [0, 0.05) is 26.3 Å². The Kier molecular flexibility index (Phi) is 7.92. The Bertz CT molecular complexity index is 287. The van der Waals surface area contributed by atoms with Crippen molar-refractivity contribution in [3.8, 4) is 0 Å². The molecule has 2 N–H and O–H groups in total. The van der Waals surface area contributed by atoms with Gasteiger partial charge in [-0.1, -0.05) is 13.8 Å². The second-order valence-corrected chi connectivity index (χ2v) is 5.99. The fourth-order valence-electron chi connectivity index (χ4n) is 2.11. The molecule has 118 valence electrons. The SMILES string of the molecule is CCNC(=NCC1(C)CCCO1)NCCOCC(C)C. The molecule has 1 heterocycles. The Morgan fingerprint density at radius 3 is 2.80 bits per heavy atom. The summed E-state index contributed by atoms with van der Waals surface area (Å²) in [6, 6.07) is 0. The molecule has 1 atom stereocenters. The summed E-state index contributed by atoms with van der Waals surface area (Å²) >= 11 is 0. The molecule has 0 spiro atoms. The minimum atomic E-state index is -0.0868. The summed E-state index contributed by atoms with van der Waals surface area (Å²) in [6.07, 6.45) is 2.23. The molecule has 0 aromatic rings. The first-order valence-electron chi connectivity index (χ1n) is 7.79. The van der Waals surface area contributed by atoms with Gasteiger partial charge in [0.05, 0.1) is 18.8 Å². The first-order chi connectivity index (χ1) is 9.56. The van der Waals surface area contributed by atoms with Gasteiger partial charge in [0.25, 0.3) is 0 Å². The van der Waals surface area contributed by atoms with Crippen LogP contribution in [0, 0.1) is 5.92 Å². The number of ether oxygens (including phenoxy) is 2. The Balaban J connectivity index is 2.27. The van der Waals surface area contributed by atoms with E-state index < -0.39 is 0 Å². The van der Waals surface area contributed by atoms with E-state index in [1.165, 1.54) is 0 Å². The van der Waals surface area contributed by atoms with Crippen LogP contribution in [0.1, 0.15) is 40.5 Å². The molecule has 1 aliphatic heterocycles. The molecule has 1 fully saturated rings. The normalized spacial score (nSPS) is 23.4. The largest absolute Gasteiger partial charge is 0.379 e. The van der Waals surface area contributed by atoms with Crippen LogP contribution in [-0.2, 0) is 9.47 Å². The minimum Gasteiger partial charge on any atom is -0.379 e. The van der Waals surface area contributed by atoms with Crippen molar-refractivity contribution in [2.75, 3.05) is 39.5 Å². The fraction of sp³-hybridized carbons (Fsp3) is 0.933. The zero-order chi connectivity index (χ0) is 14.8.